The maximum Gasteiger partial charge on any atom is 0.218 e. The first kappa shape index (κ1) is 13.0. The van der Waals surface area contributed by atoms with Gasteiger partial charge < -0.3 is 9.64 Å². The van der Waals surface area contributed by atoms with Crippen LogP contribution in [0.4, 0.5) is 5.82 Å². The minimum Gasteiger partial charge on any atom is -0.478 e. The van der Waals surface area contributed by atoms with Crippen LogP contribution < -0.4 is 9.64 Å². The van der Waals surface area contributed by atoms with Crippen molar-refractivity contribution in [2.45, 2.75) is 20.3 Å². The number of rotatable bonds is 7. The summed E-state index contributed by atoms with van der Waals surface area (Å²) in [6.07, 6.45) is 2.59. The SMILES string of the molecule is CCCN(CCCl)c1cc(OCC)ncn1. The van der Waals surface area contributed by atoms with Gasteiger partial charge >= 0.3 is 0 Å². The van der Waals surface area contributed by atoms with Crippen LogP contribution in [-0.4, -0.2) is 35.5 Å². The Kier molecular flexibility index (Phi) is 5.93. The first-order valence-corrected chi connectivity index (χ1v) is 6.11. The maximum atomic E-state index is 5.77. The molecule has 5 heteroatoms. The average molecular weight is 244 g/mol. The van der Waals surface area contributed by atoms with Crippen molar-refractivity contribution in [3.63, 3.8) is 0 Å². The molecule has 1 aromatic heterocycles. The fourth-order valence-corrected chi connectivity index (χ4v) is 1.65. The Morgan fingerprint density at radius 1 is 1.31 bits per heavy atom. The van der Waals surface area contributed by atoms with E-state index < -0.39 is 0 Å². The van der Waals surface area contributed by atoms with E-state index in [-0.39, 0.29) is 0 Å². The van der Waals surface area contributed by atoms with Crippen LogP contribution in [0.3, 0.4) is 0 Å². The highest BCUT2D eigenvalue weighted by molar-refractivity contribution is 6.18. The molecule has 90 valence electrons. The highest BCUT2D eigenvalue weighted by atomic mass is 35.5. The predicted molar refractivity (Wildman–Crippen MR) is 66.4 cm³/mol. The summed E-state index contributed by atoms with van der Waals surface area (Å²) < 4.78 is 5.34. The third-order valence-corrected chi connectivity index (χ3v) is 2.26. The summed E-state index contributed by atoms with van der Waals surface area (Å²) in [4.78, 5) is 10.4. The molecule has 0 aliphatic carbocycles. The molecule has 0 aliphatic rings. The zero-order valence-corrected chi connectivity index (χ0v) is 10.6. The summed E-state index contributed by atoms with van der Waals surface area (Å²) in [7, 11) is 0. The number of halogens is 1. The van der Waals surface area contributed by atoms with Crippen LogP contribution in [0.25, 0.3) is 0 Å². The van der Waals surface area contributed by atoms with Crippen LogP contribution in [0.1, 0.15) is 20.3 Å². The van der Waals surface area contributed by atoms with Crippen molar-refractivity contribution < 1.29 is 4.74 Å². The molecule has 0 aromatic carbocycles. The van der Waals surface area contributed by atoms with Crippen molar-refractivity contribution in [3.8, 4) is 5.88 Å². The average Bonchev–Trinajstić information content (AvgIpc) is 2.30. The van der Waals surface area contributed by atoms with Gasteiger partial charge in [-0.1, -0.05) is 6.92 Å². The third-order valence-electron chi connectivity index (χ3n) is 2.09. The lowest BCUT2D eigenvalue weighted by atomic mass is 10.4. The highest BCUT2D eigenvalue weighted by Gasteiger charge is 2.07. The number of anilines is 1. The molecule has 0 radical (unpaired) electrons. The van der Waals surface area contributed by atoms with Crippen LogP contribution in [0, 0.1) is 0 Å². The van der Waals surface area contributed by atoms with Crippen LogP contribution in [0.2, 0.25) is 0 Å². The molecular weight excluding hydrogens is 226 g/mol. The quantitative estimate of drug-likeness (QED) is 0.689. The first-order valence-electron chi connectivity index (χ1n) is 5.57. The lowest BCUT2D eigenvalue weighted by molar-refractivity contribution is 0.326. The predicted octanol–water partition coefficient (Wildman–Crippen LogP) is 2.33. The summed E-state index contributed by atoms with van der Waals surface area (Å²) >= 11 is 5.77. The molecule has 0 saturated heterocycles. The highest BCUT2D eigenvalue weighted by Crippen LogP contribution is 2.15. The van der Waals surface area contributed by atoms with E-state index in [1.165, 1.54) is 6.33 Å². The molecule has 0 N–H and O–H groups in total. The Hall–Kier alpha value is -1.03. The Morgan fingerprint density at radius 2 is 2.12 bits per heavy atom. The summed E-state index contributed by atoms with van der Waals surface area (Å²) in [6, 6.07) is 1.85. The van der Waals surface area contributed by atoms with Gasteiger partial charge in [0.05, 0.1) is 6.61 Å². The van der Waals surface area contributed by atoms with Crippen molar-refractivity contribution >= 4 is 17.4 Å². The normalized spacial score (nSPS) is 10.2. The Labute approximate surface area is 102 Å². The molecule has 16 heavy (non-hydrogen) atoms. The number of aromatic nitrogens is 2. The van der Waals surface area contributed by atoms with E-state index in [9.17, 15) is 0 Å². The minimum absolute atomic E-state index is 0.591. The molecule has 1 aromatic rings. The molecule has 1 rings (SSSR count). The molecule has 4 nitrogen and oxygen atoms in total. The molecule has 0 atom stereocenters. The summed E-state index contributed by atoms with van der Waals surface area (Å²) in [5, 5.41) is 0. The van der Waals surface area contributed by atoms with Crippen LogP contribution in [0.15, 0.2) is 12.4 Å². The lowest BCUT2D eigenvalue weighted by Crippen LogP contribution is -2.27. The van der Waals surface area contributed by atoms with Crippen LogP contribution >= 0.6 is 11.6 Å². The number of hydrogen-bond donors (Lipinski definition) is 0. The fourth-order valence-electron chi connectivity index (χ4n) is 1.44. The van der Waals surface area contributed by atoms with E-state index in [2.05, 4.69) is 21.8 Å². The van der Waals surface area contributed by atoms with E-state index in [0.29, 0.717) is 18.4 Å². The van der Waals surface area contributed by atoms with E-state index in [1.807, 2.05) is 13.0 Å². The van der Waals surface area contributed by atoms with Crippen LogP contribution in [-0.2, 0) is 0 Å². The second-order valence-corrected chi connectivity index (χ2v) is 3.70. The fraction of sp³-hybridized carbons (Fsp3) is 0.636. The summed E-state index contributed by atoms with van der Waals surface area (Å²) in [6.45, 7) is 6.41. The van der Waals surface area contributed by atoms with Gasteiger partial charge in [-0.25, -0.2) is 9.97 Å². The van der Waals surface area contributed by atoms with E-state index in [4.69, 9.17) is 16.3 Å². The molecule has 0 saturated carbocycles. The van der Waals surface area contributed by atoms with Gasteiger partial charge in [-0.2, -0.15) is 0 Å². The van der Waals surface area contributed by atoms with Crippen molar-refractivity contribution in [1.82, 2.24) is 9.97 Å². The third kappa shape index (κ3) is 3.85. The zero-order chi connectivity index (χ0) is 11.8. The van der Waals surface area contributed by atoms with E-state index >= 15 is 0 Å². The van der Waals surface area contributed by atoms with Crippen LogP contribution in [0.5, 0.6) is 5.88 Å². The Morgan fingerprint density at radius 3 is 2.75 bits per heavy atom. The molecule has 0 spiro atoms. The van der Waals surface area contributed by atoms with Gasteiger partial charge in [0, 0.05) is 25.0 Å². The lowest BCUT2D eigenvalue weighted by Gasteiger charge is -2.21. The van der Waals surface area contributed by atoms with Crippen molar-refractivity contribution in [2.75, 3.05) is 30.5 Å². The monoisotopic (exact) mass is 243 g/mol. The molecule has 0 aliphatic heterocycles. The Bertz CT molecular complexity index is 303. The van der Waals surface area contributed by atoms with Gasteiger partial charge in [0.1, 0.15) is 12.1 Å². The van der Waals surface area contributed by atoms with Crippen molar-refractivity contribution in [2.24, 2.45) is 0 Å². The van der Waals surface area contributed by atoms with Gasteiger partial charge in [-0.15, -0.1) is 11.6 Å². The summed E-state index contributed by atoms with van der Waals surface area (Å²) in [5.41, 5.74) is 0. The zero-order valence-electron chi connectivity index (χ0n) is 9.82. The minimum atomic E-state index is 0.591. The summed E-state index contributed by atoms with van der Waals surface area (Å²) in [5.74, 6) is 2.08. The molecule has 0 fully saturated rings. The van der Waals surface area contributed by atoms with Gasteiger partial charge in [-0.3, -0.25) is 0 Å². The molecule has 0 amide bonds. The van der Waals surface area contributed by atoms with Crippen molar-refractivity contribution in [1.29, 1.82) is 0 Å². The van der Waals surface area contributed by atoms with E-state index in [1.54, 1.807) is 0 Å². The van der Waals surface area contributed by atoms with Gasteiger partial charge in [0.15, 0.2) is 0 Å². The molecule has 0 bridgehead atoms. The van der Waals surface area contributed by atoms with Gasteiger partial charge in [0.25, 0.3) is 0 Å². The van der Waals surface area contributed by atoms with Gasteiger partial charge in [0.2, 0.25) is 5.88 Å². The molecule has 1 heterocycles. The number of ether oxygens (including phenoxy) is 1. The molecular formula is C11H18ClN3O. The Balaban J connectivity index is 2.77. The van der Waals surface area contributed by atoms with E-state index in [0.717, 1.165) is 25.3 Å². The maximum absolute atomic E-state index is 5.77. The number of alkyl halides is 1. The second-order valence-electron chi connectivity index (χ2n) is 3.32. The second kappa shape index (κ2) is 7.28. The van der Waals surface area contributed by atoms with Crippen molar-refractivity contribution in [3.05, 3.63) is 12.4 Å². The number of hydrogen-bond acceptors (Lipinski definition) is 4. The van der Waals surface area contributed by atoms with Gasteiger partial charge in [-0.05, 0) is 13.3 Å². The topological polar surface area (TPSA) is 38.2 Å². The number of nitrogens with zero attached hydrogens (tertiary/aromatic N) is 3. The standard InChI is InChI=1S/C11H18ClN3O/c1-3-6-15(7-5-12)10-8-11(16-4-2)14-9-13-10/h8-9H,3-7H2,1-2H3. The first-order chi connectivity index (χ1) is 7.81. The smallest absolute Gasteiger partial charge is 0.218 e. The largest absolute Gasteiger partial charge is 0.478 e. The molecule has 0 unspecified atom stereocenters.